The van der Waals surface area contributed by atoms with Gasteiger partial charge >= 0.3 is 0 Å². The molecule has 1 amide bonds. The Hall–Kier alpha value is -3.55. The predicted octanol–water partition coefficient (Wildman–Crippen LogP) is 4.23. The number of furan rings is 2. The quantitative estimate of drug-likeness (QED) is 0.428. The highest BCUT2D eigenvalue weighted by Gasteiger charge is 2.31. The smallest absolute Gasteiger partial charge is 0.292 e. The van der Waals surface area contributed by atoms with Gasteiger partial charge in [-0.3, -0.25) is 14.9 Å². The minimum Gasteiger partial charge on any atom is -0.467 e. The summed E-state index contributed by atoms with van der Waals surface area (Å²) in [4.78, 5) is 28.0. The molecular weight excluding hydrogens is 386 g/mol. The molecule has 8 nitrogen and oxygen atoms in total. The molecule has 1 aromatic carbocycles. The molecule has 1 saturated heterocycles. The summed E-state index contributed by atoms with van der Waals surface area (Å²) >= 11 is 0. The number of anilines is 1. The van der Waals surface area contributed by atoms with E-state index in [0.29, 0.717) is 56.2 Å². The Morgan fingerprint density at radius 1 is 1.00 bits per heavy atom. The van der Waals surface area contributed by atoms with Crippen LogP contribution in [0.15, 0.2) is 69.9 Å². The van der Waals surface area contributed by atoms with E-state index in [1.54, 1.807) is 47.8 Å². The molecule has 0 aliphatic carbocycles. The van der Waals surface area contributed by atoms with Gasteiger partial charge in [-0.25, -0.2) is 0 Å². The summed E-state index contributed by atoms with van der Waals surface area (Å²) in [6.07, 6.45) is 4.46. The van der Waals surface area contributed by atoms with Crippen molar-refractivity contribution < 1.29 is 18.6 Å². The number of rotatable bonds is 7. The molecule has 0 radical (unpaired) electrons. The van der Waals surface area contributed by atoms with Crippen molar-refractivity contribution in [2.75, 3.05) is 18.0 Å². The van der Waals surface area contributed by atoms with Crippen LogP contribution in [0.25, 0.3) is 0 Å². The van der Waals surface area contributed by atoms with Gasteiger partial charge in [0.2, 0.25) is 5.91 Å². The van der Waals surface area contributed by atoms with Crippen molar-refractivity contribution in [2.45, 2.75) is 25.9 Å². The van der Waals surface area contributed by atoms with E-state index in [9.17, 15) is 14.9 Å². The van der Waals surface area contributed by atoms with Gasteiger partial charge in [0.1, 0.15) is 17.2 Å². The second-order valence-corrected chi connectivity index (χ2v) is 7.36. The molecule has 1 fully saturated rings. The summed E-state index contributed by atoms with van der Waals surface area (Å²) in [7, 11) is 0. The fraction of sp³-hybridized carbons (Fsp3) is 0.318. The average Bonchev–Trinajstić information content (AvgIpc) is 3.47. The number of benzene rings is 1. The Labute approximate surface area is 173 Å². The molecule has 0 N–H and O–H groups in total. The maximum absolute atomic E-state index is 13.3. The van der Waals surface area contributed by atoms with Crippen LogP contribution in [0.5, 0.6) is 0 Å². The van der Waals surface area contributed by atoms with Gasteiger partial charge < -0.3 is 18.6 Å². The lowest BCUT2D eigenvalue weighted by atomic mass is 9.94. The zero-order chi connectivity index (χ0) is 20.9. The summed E-state index contributed by atoms with van der Waals surface area (Å²) in [6, 6.07) is 14.0. The van der Waals surface area contributed by atoms with E-state index in [1.807, 2.05) is 17.0 Å². The van der Waals surface area contributed by atoms with Gasteiger partial charge in [-0.2, -0.15) is 0 Å². The van der Waals surface area contributed by atoms with Gasteiger partial charge in [0, 0.05) is 25.1 Å². The highest BCUT2D eigenvalue weighted by atomic mass is 16.6. The standard InChI is InChI=1S/C22H23N3O5/c26-22(24(15-18-5-3-13-29-18)16-19-6-4-14-30-19)17-9-11-23(12-10-17)20-7-1-2-8-21(20)25(27)28/h1-8,13-14,17H,9-12,15-16H2. The first-order valence-corrected chi connectivity index (χ1v) is 9.93. The minimum absolute atomic E-state index is 0.0463. The van der Waals surface area contributed by atoms with E-state index in [-0.39, 0.29) is 22.4 Å². The van der Waals surface area contributed by atoms with Crippen LogP contribution in [-0.4, -0.2) is 28.8 Å². The van der Waals surface area contributed by atoms with Crippen molar-refractivity contribution in [1.82, 2.24) is 4.90 Å². The Balaban J connectivity index is 1.44. The van der Waals surface area contributed by atoms with E-state index in [1.165, 1.54) is 6.07 Å². The molecule has 8 heteroatoms. The average molecular weight is 409 g/mol. The van der Waals surface area contributed by atoms with E-state index < -0.39 is 0 Å². The summed E-state index contributed by atoms with van der Waals surface area (Å²) in [5.41, 5.74) is 0.705. The number of hydrogen-bond acceptors (Lipinski definition) is 6. The highest BCUT2D eigenvalue weighted by molar-refractivity contribution is 5.79. The van der Waals surface area contributed by atoms with Crippen molar-refractivity contribution in [3.63, 3.8) is 0 Å². The van der Waals surface area contributed by atoms with Gasteiger partial charge in [0.15, 0.2) is 0 Å². The monoisotopic (exact) mass is 409 g/mol. The van der Waals surface area contributed by atoms with E-state index in [4.69, 9.17) is 8.83 Å². The Kier molecular flexibility index (Phi) is 5.83. The Morgan fingerprint density at radius 3 is 2.13 bits per heavy atom. The van der Waals surface area contributed by atoms with E-state index in [2.05, 4.69) is 0 Å². The van der Waals surface area contributed by atoms with Crippen molar-refractivity contribution in [3.05, 3.63) is 82.7 Å². The van der Waals surface area contributed by atoms with Crippen molar-refractivity contribution >= 4 is 17.3 Å². The van der Waals surface area contributed by atoms with Crippen LogP contribution in [0.4, 0.5) is 11.4 Å². The van der Waals surface area contributed by atoms with Crippen LogP contribution in [0.3, 0.4) is 0 Å². The fourth-order valence-corrected chi connectivity index (χ4v) is 3.90. The molecule has 3 aromatic rings. The highest BCUT2D eigenvalue weighted by Crippen LogP contribution is 2.32. The fourth-order valence-electron chi connectivity index (χ4n) is 3.90. The maximum Gasteiger partial charge on any atom is 0.292 e. The predicted molar refractivity (Wildman–Crippen MR) is 110 cm³/mol. The lowest BCUT2D eigenvalue weighted by Gasteiger charge is -2.34. The SMILES string of the molecule is O=C(C1CCN(c2ccccc2[N+](=O)[O-])CC1)N(Cc1ccco1)Cc1ccco1. The van der Waals surface area contributed by atoms with Crippen LogP contribution in [-0.2, 0) is 17.9 Å². The first kappa shape index (κ1) is 19.8. The van der Waals surface area contributed by atoms with Gasteiger partial charge in [0.05, 0.1) is 30.5 Å². The molecule has 1 aliphatic rings. The van der Waals surface area contributed by atoms with Crippen LogP contribution in [0, 0.1) is 16.0 Å². The largest absolute Gasteiger partial charge is 0.467 e. The molecule has 1 aliphatic heterocycles. The first-order valence-electron chi connectivity index (χ1n) is 9.93. The number of amides is 1. The third-order valence-corrected chi connectivity index (χ3v) is 5.43. The van der Waals surface area contributed by atoms with E-state index in [0.717, 1.165) is 0 Å². The van der Waals surface area contributed by atoms with E-state index >= 15 is 0 Å². The van der Waals surface area contributed by atoms with Gasteiger partial charge in [-0.05, 0) is 43.2 Å². The minimum atomic E-state index is -0.360. The zero-order valence-corrected chi connectivity index (χ0v) is 16.5. The van der Waals surface area contributed by atoms with Gasteiger partial charge in [-0.1, -0.05) is 12.1 Å². The topological polar surface area (TPSA) is 93.0 Å². The molecule has 3 heterocycles. The second kappa shape index (κ2) is 8.86. The van der Waals surface area contributed by atoms with Gasteiger partial charge in [-0.15, -0.1) is 0 Å². The van der Waals surface area contributed by atoms with Crippen LogP contribution < -0.4 is 4.90 Å². The molecule has 0 spiro atoms. The summed E-state index contributed by atoms with van der Waals surface area (Å²) in [6.45, 7) is 1.93. The number of para-hydroxylation sites is 2. The molecule has 156 valence electrons. The van der Waals surface area contributed by atoms with Crippen LogP contribution >= 0.6 is 0 Å². The van der Waals surface area contributed by atoms with Crippen LogP contribution in [0.1, 0.15) is 24.4 Å². The number of nitrogens with zero attached hydrogens (tertiary/aromatic N) is 3. The first-order chi connectivity index (χ1) is 14.6. The number of piperidine rings is 1. The molecule has 0 atom stereocenters. The number of carbonyl (C=O) groups is 1. The summed E-state index contributed by atoms with van der Waals surface area (Å²) in [5, 5.41) is 11.3. The van der Waals surface area contributed by atoms with Gasteiger partial charge in [0.25, 0.3) is 5.69 Å². The summed E-state index contributed by atoms with van der Waals surface area (Å²) < 4.78 is 10.9. The lowest BCUT2D eigenvalue weighted by molar-refractivity contribution is -0.384. The normalized spacial score (nSPS) is 14.6. The maximum atomic E-state index is 13.3. The zero-order valence-electron chi connectivity index (χ0n) is 16.5. The number of hydrogen-bond donors (Lipinski definition) is 0. The second-order valence-electron chi connectivity index (χ2n) is 7.36. The Bertz CT molecular complexity index is 940. The molecule has 2 aromatic heterocycles. The third-order valence-electron chi connectivity index (χ3n) is 5.43. The number of nitro benzene ring substituents is 1. The number of nitro groups is 1. The Morgan fingerprint density at radius 2 is 1.60 bits per heavy atom. The number of carbonyl (C=O) groups excluding carboxylic acids is 1. The van der Waals surface area contributed by atoms with Crippen molar-refractivity contribution in [2.24, 2.45) is 5.92 Å². The lowest BCUT2D eigenvalue weighted by Crippen LogP contribution is -2.42. The molecule has 0 unspecified atom stereocenters. The van der Waals surface area contributed by atoms with Crippen LogP contribution in [0.2, 0.25) is 0 Å². The molecular formula is C22H23N3O5. The molecule has 0 bridgehead atoms. The van der Waals surface area contributed by atoms with Crippen molar-refractivity contribution in [3.8, 4) is 0 Å². The molecule has 4 rings (SSSR count). The summed E-state index contributed by atoms with van der Waals surface area (Å²) in [5.74, 6) is 1.33. The van der Waals surface area contributed by atoms with Crippen molar-refractivity contribution in [1.29, 1.82) is 0 Å². The third kappa shape index (κ3) is 4.37. The molecule has 0 saturated carbocycles. The molecule has 30 heavy (non-hydrogen) atoms.